The van der Waals surface area contributed by atoms with Crippen molar-refractivity contribution in [3.63, 3.8) is 0 Å². The van der Waals surface area contributed by atoms with Crippen LogP contribution in [0.25, 0.3) is 33.4 Å². The molecule has 4 aromatic carbocycles. The summed E-state index contributed by atoms with van der Waals surface area (Å²) in [4.78, 5) is 23.7. The van der Waals surface area contributed by atoms with Crippen molar-refractivity contribution in [3.8, 4) is 39.5 Å². The van der Waals surface area contributed by atoms with E-state index in [1.807, 2.05) is 13.8 Å². The molecule has 49 heavy (non-hydrogen) atoms. The average Bonchev–Trinajstić information content (AvgIpc) is 3.53. The highest BCUT2D eigenvalue weighted by Gasteiger charge is 2.31. The number of alkyl halides is 7. The first-order valence-corrected chi connectivity index (χ1v) is 15.6. The van der Waals surface area contributed by atoms with E-state index in [9.17, 15) is 35.9 Å². The number of carbonyl (C=O) groups excluding carboxylic acids is 1. The van der Waals surface area contributed by atoms with Crippen LogP contribution in [0.3, 0.4) is 0 Å². The van der Waals surface area contributed by atoms with E-state index < -0.39 is 18.5 Å². The van der Waals surface area contributed by atoms with Gasteiger partial charge in [0, 0.05) is 16.4 Å². The Bertz CT molecular complexity index is 1940. The second-order valence-corrected chi connectivity index (χ2v) is 13.0. The van der Waals surface area contributed by atoms with Crippen molar-refractivity contribution in [2.75, 3.05) is 0 Å². The first kappa shape index (κ1) is 37.1. The summed E-state index contributed by atoms with van der Waals surface area (Å²) in [5.74, 6) is -0.774. The molecule has 0 radical (unpaired) electrons. The van der Waals surface area contributed by atoms with Gasteiger partial charge in [-0.1, -0.05) is 66.2 Å². The summed E-state index contributed by atoms with van der Waals surface area (Å²) < 4.78 is 92.2. The van der Waals surface area contributed by atoms with E-state index in [4.69, 9.17) is 9.15 Å². The summed E-state index contributed by atoms with van der Waals surface area (Å²) in [7, 11) is 0. The summed E-state index contributed by atoms with van der Waals surface area (Å²) in [5, 5.41) is 0. The highest BCUT2D eigenvalue weighted by molar-refractivity contribution is 9.09. The smallest absolute Gasteiger partial charge is 0.426 e. The Morgan fingerprint density at radius 1 is 0.694 bits per heavy atom. The highest BCUT2D eigenvalue weighted by atomic mass is 79.9. The lowest BCUT2D eigenvalue weighted by Crippen LogP contribution is -2.16. The Hall–Kier alpha value is -4.72. The number of carbonyl (C=O) groups is 1. The van der Waals surface area contributed by atoms with Crippen LogP contribution in [-0.4, -0.2) is 28.1 Å². The van der Waals surface area contributed by atoms with Crippen LogP contribution in [0, 0.1) is 0 Å². The Morgan fingerprint density at radius 3 is 1.61 bits per heavy atom. The number of fused-ring (bicyclic) bond motifs is 2. The minimum atomic E-state index is -4.72. The van der Waals surface area contributed by atoms with E-state index in [1.54, 1.807) is 36.4 Å². The zero-order valence-corrected chi connectivity index (χ0v) is 28.1. The Labute approximate surface area is 285 Å². The number of rotatable bonds is 5. The van der Waals surface area contributed by atoms with Crippen molar-refractivity contribution in [2.45, 2.75) is 57.7 Å². The number of esters is 1. The predicted molar refractivity (Wildman–Crippen MR) is 175 cm³/mol. The summed E-state index contributed by atoms with van der Waals surface area (Å²) >= 11 is 3.27. The Kier molecular flexibility index (Phi) is 11.5. The Morgan fingerprint density at radius 2 is 1.14 bits per heavy atom. The number of benzene rings is 4. The van der Waals surface area contributed by atoms with Crippen LogP contribution in [0.15, 0.2) is 94.1 Å². The molecule has 0 unspecified atom stereocenters. The Balaban J connectivity index is 0.000000201. The van der Waals surface area contributed by atoms with Gasteiger partial charge in [0.1, 0.15) is 17.2 Å². The summed E-state index contributed by atoms with van der Waals surface area (Å²) in [6, 6.07) is 21.4. The van der Waals surface area contributed by atoms with E-state index in [-0.39, 0.29) is 29.9 Å². The van der Waals surface area contributed by atoms with Crippen LogP contribution >= 0.6 is 15.9 Å². The van der Waals surface area contributed by atoms with Crippen molar-refractivity contribution in [3.05, 3.63) is 101 Å². The van der Waals surface area contributed by atoms with Gasteiger partial charge in [-0.15, -0.1) is 26.3 Å². The maximum atomic E-state index is 12.2. The van der Waals surface area contributed by atoms with E-state index in [1.165, 1.54) is 53.1 Å². The zero-order valence-electron chi connectivity index (χ0n) is 26.5. The quantitative estimate of drug-likeness (QED) is 0.0770. The van der Waals surface area contributed by atoms with Crippen LogP contribution in [0.5, 0.6) is 17.2 Å². The van der Waals surface area contributed by atoms with Gasteiger partial charge in [0.2, 0.25) is 0 Å². The minimum absolute atomic E-state index is 0.0726. The molecule has 1 aliphatic heterocycles. The van der Waals surface area contributed by atoms with E-state index in [2.05, 4.69) is 39.3 Å². The zero-order chi connectivity index (χ0) is 36.1. The van der Waals surface area contributed by atoms with Crippen LogP contribution in [-0.2, 0) is 11.2 Å². The highest BCUT2D eigenvalue weighted by Crippen LogP contribution is 2.33. The molecule has 0 bridgehead atoms. The molecule has 2 heterocycles. The summed E-state index contributed by atoms with van der Waals surface area (Å²) in [6.45, 7) is 7.90. The standard InChI is InChI=1S/C17H14F3NO3.C15H9F3O3.C3H7Br/c1-10(2)21-14-9-12(5-8-15(14)23-16(21)22)11-3-6-13(7-4-11)24-17(18,19)20;16-15(17,18)21-12-4-1-9(2-5-12)10-3-6-13-11(7-10)8-14(19)20-13;1-3(2)4/h3-10H,1-2H3;1-7H,8H2;3H,1-2H3. The number of ether oxygens (including phenoxy) is 3. The van der Waals surface area contributed by atoms with Gasteiger partial charge >= 0.3 is 24.5 Å². The van der Waals surface area contributed by atoms with Crippen LogP contribution in [0.2, 0.25) is 0 Å². The molecule has 0 saturated carbocycles. The van der Waals surface area contributed by atoms with Gasteiger partial charge in [-0.05, 0) is 84.6 Å². The molecule has 0 saturated heterocycles. The van der Waals surface area contributed by atoms with Gasteiger partial charge in [0.15, 0.2) is 5.58 Å². The molecule has 0 fully saturated rings. The van der Waals surface area contributed by atoms with Crippen LogP contribution in [0.1, 0.15) is 39.3 Å². The van der Waals surface area contributed by atoms with Crippen molar-refractivity contribution >= 4 is 33.0 Å². The normalized spacial score (nSPS) is 12.6. The van der Waals surface area contributed by atoms with E-state index >= 15 is 0 Å². The topological polar surface area (TPSA) is 79.9 Å². The largest absolute Gasteiger partial charge is 0.573 e. The lowest BCUT2D eigenvalue weighted by atomic mass is 10.0. The third kappa shape index (κ3) is 10.6. The molecule has 0 aliphatic carbocycles. The lowest BCUT2D eigenvalue weighted by Gasteiger charge is -2.10. The molecule has 5 aromatic rings. The van der Waals surface area contributed by atoms with E-state index in [0.29, 0.717) is 27.2 Å². The van der Waals surface area contributed by atoms with Gasteiger partial charge in [-0.2, -0.15) is 0 Å². The molecule has 0 amide bonds. The number of aromatic nitrogens is 1. The van der Waals surface area contributed by atoms with Crippen molar-refractivity contribution in [2.24, 2.45) is 0 Å². The third-order valence-corrected chi connectivity index (χ3v) is 6.59. The summed E-state index contributed by atoms with van der Waals surface area (Å²) in [6.07, 6.45) is -9.21. The monoisotopic (exact) mass is 753 g/mol. The fraction of sp³-hybridized carbons (Fsp3) is 0.257. The maximum absolute atomic E-state index is 12.2. The minimum Gasteiger partial charge on any atom is -0.426 e. The fourth-order valence-electron chi connectivity index (χ4n) is 4.71. The SMILES string of the molecule is CC(C)Br.CC(C)n1c(=O)oc2ccc(-c3ccc(OC(F)(F)F)cc3)cc21.O=C1Cc2cc(-c3ccc(OC(F)(F)F)cc3)ccc2O1. The number of nitrogens with zero attached hydrogens (tertiary/aromatic N) is 1. The van der Waals surface area contributed by atoms with Gasteiger partial charge in [0.25, 0.3) is 0 Å². The molecule has 7 nitrogen and oxygen atoms in total. The molecule has 1 aromatic heterocycles. The maximum Gasteiger partial charge on any atom is 0.573 e. The molecule has 0 atom stereocenters. The number of oxazole rings is 1. The molecular formula is C35H30BrF6NO6. The molecule has 6 rings (SSSR count). The second-order valence-electron chi connectivity index (χ2n) is 11.1. The fourth-order valence-corrected chi connectivity index (χ4v) is 4.71. The molecule has 1 aliphatic rings. The lowest BCUT2D eigenvalue weighted by molar-refractivity contribution is -0.275. The molecule has 0 spiro atoms. The van der Waals surface area contributed by atoms with Crippen LogP contribution < -0.4 is 20.0 Å². The van der Waals surface area contributed by atoms with Gasteiger partial charge in [-0.3, -0.25) is 9.36 Å². The van der Waals surface area contributed by atoms with Crippen molar-refractivity contribution < 1.29 is 49.8 Å². The first-order chi connectivity index (χ1) is 22.9. The van der Waals surface area contributed by atoms with Gasteiger partial charge in [-0.25, -0.2) is 4.79 Å². The van der Waals surface area contributed by atoms with Crippen molar-refractivity contribution in [1.29, 1.82) is 0 Å². The van der Waals surface area contributed by atoms with Gasteiger partial charge < -0.3 is 18.6 Å². The average molecular weight is 755 g/mol. The summed E-state index contributed by atoms with van der Waals surface area (Å²) in [5.41, 5.74) is 4.87. The van der Waals surface area contributed by atoms with Crippen LogP contribution in [0.4, 0.5) is 26.3 Å². The number of hydrogen-bond donors (Lipinski definition) is 0. The first-order valence-electron chi connectivity index (χ1n) is 14.7. The molecule has 14 heteroatoms. The molecule has 0 N–H and O–H groups in total. The third-order valence-electron chi connectivity index (χ3n) is 6.59. The second kappa shape index (κ2) is 15.2. The molecule has 260 valence electrons. The molecular weight excluding hydrogens is 724 g/mol. The van der Waals surface area contributed by atoms with Crippen molar-refractivity contribution in [1.82, 2.24) is 4.57 Å². The number of halogens is 7. The van der Waals surface area contributed by atoms with E-state index in [0.717, 1.165) is 22.3 Å². The van der Waals surface area contributed by atoms with Gasteiger partial charge in [0.05, 0.1) is 11.9 Å². The predicted octanol–water partition coefficient (Wildman–Crippen LogP) is 10.2. The number of hydrogen-bond acceptors (Lipinski definition) is 6.